The molecule has 132 valence electrons. The highest BCUT2D eigenvalue weighted by Gasteiger charge is 2.32. The lowest BCUT2D eigenvalue weighted by Crippen LogP contribution is -2.35. The predicted molar refractivity (Wildman–Crippen MR) is 78.7 cm³/mol. The van der Waals surface area contributed by atoms with E-state index in [0.717, 1.165) is 6.07 Å². The Labute approximate surface area is 135 Å². The van der Waals surface area contributed by atoms with E-state index in [1.807, 2.05) is 5.32 Å². The van der Waals surface area contributed by atoms with Crippen LogP contribution in [0.5, 0.6) is 0 Å². The lowest BCUT2D eigenvalue weighted by Gasteiger charge is -2.15. The van der Waals surface area contributed by atoms with Gasteiger partial charge in [0, 0.05) is 6.04 Å². The van der Waals surface area contributed by atoms with Crippen molar-refractivity contribution in [3.8, 4) is 0 Å². The Morgan fingerprint density at radius 2 is 1.83 bits per heavy atom. The molecule has 0 aromatic heterocycles. The summed E-state index contributed by atoms with van der Waals surface area (Å²) in [6.07, 6.45) is -4.69. The van der Waals surface area contributed by atoms with E-state index in [1.54, 1.807) is 13.8 Å². The Balaban J connectivity index is 3.14. The van der Waals surface area contributed by atoms with Crippen molar-refractivity contribution in [3.05, 3.63) is 29.3 Å². The molecule has 24 heavy (non-hydrogen) atoms. The Bertz CT molecular complexity index is 645. The van der Waals surface area contributed by atoms with E-state index in [4.69, 9.17) is 5.11 Å². The number of anilines is 1. The molecule has 0 aliphatic heterocycles. The second kappa shape index (κ2) is 7.66. The molecule has 4 N–H and O–H groups in total. The van der Waals surface area contributed by atoms with E-state index < -0.39 is 41.8 Å². The minimum absolute atomic E-state index is 0.177. The molecular formula is C14H16F3N3O4. The molecule has 1 rings (SSSR count). The van der Waals surface area contributed by atoms with E-state index in [-0.39, 0.29) is 11.7 Å². The molecule has 0 unspecified atom stereocenters. The zero-order valence-corrected chi connectivity index (χ0v) is 12.8. The maximum Gasteiger partial charge on any atom is 0.416 e. The average molecular weight is 347 g/mol. The summed E-state index contributed by atoms with van der Waals surface area (Å²) in [5.74, 6) is -2.41. The lowest BCUT2D eigenvalue weighted by atomic mass is 10.1. The van der Waals surface area contributed by atoms with Crippen molar-refractivity contribution in [1.29, 1.82) is 0 Å². The number of alkyl halides is 3. The summed E-state index contributed by atoms with van der Waals surface area (Å²) in [6, 6.07) is 1.24. The first-order valence-electron chi connectivity index (χ1n) is 6.79. The number of aliphatic carboxylic acids is 1. The van der Waals surface area contributed by atoms with E-state index in [1.165, 1.54) is 0 Å². The van der Waals surface area contributed by atoms with Crippen LogP contribution in [0.2, 0.25) is 0 Å². The number of carbonyl (C=O) groups excluding carboxylic acids is 2. The largest absolute Gasteiger partial charge is 0.480 e. The highest BCUT2D eigenvalue weighted by molar-refractivity contribution is 6.04. The molecule has 1 aromatic rings. The molecule has 0 bridgehead atoms. The molecule has 0 fully saturated rings. The number of rotatable bonds is 5. The molecule has 0 radical (unpaired) electrons. The van der Waals surface area contributed by atoms with Crippen molar-refractivity contribution in [3.63, 3.8) is 0 Å². The van der Waals surface area contributed by atoms with Crippen molar-refractivity contribution >= 4 is 23.6 Å². The second-order valence-electron chi connectivity index (χ2n) is 5.09. The quantitative estimate of drug-likeness (QED) is 0.654. The standard InChI is InChI=1S/C14H16F3N3O4/c1-7(2)19-13(24)20-10-4-3-8(14(15,16)17)5-9(10)12(23)18-6-11(21)22/h3-5,7H,6H2,1-2H3,(H,18,23)(H,21,22)(H2,19,20,24). The highest BCUT2D eigenvalue weighted by Crippen LogP contribution is 2.31. The zero-order chi connectivity index (χ0) is 18.5. The van der Waals surface area contributed by atoms with E-state index >= 15 is 0 Å². The molecule has 1 aromatic carbocycles. The average Bonchev–Trinajstić information content (AvgIpc) is 2.42. The predicted octanol–water partition coefficient (Wildman–Crippen LogP) is 2.05. The molecule has 10 heteroatoms. The number of carbonyl (C=O) groups is 3. The molecule has 0 saturated carbocycles. The van der Waals surface area contributed by atoms with Crippen LogP contribution in [0.3, 0.4) is 0 Å². The number of nitrogens with one attached hydrogen (secondary N) is 3. The first-order chi connectivity index (χ1) is 11.0. The molecule has 7 nitrogen and oxygen atoms in total. The first-order valence-corrected chi connectivity index (χ1v) is 6.79. The molecule has 0 spiro atoms. The SMILES string of the molecule is CC(C)NC(=O)Nc1ccc(C(F)(F)F)cc1C(=O)NCC(=O)O. The molecular weight excluding hydrogens is 331 g/mol. The highest BCUT2D eigenvalue weighted by atomic mass is 19.4. The maximum absolute atomic E-state index is 12.8. The third-order valence-electron chi connectivity index (χ3n) is 2.66. The van der Waals surface area contributed by atoms with Crippen LogP contribution in [0.1, 0.15) is 29.8 Å². The van der Waals surface area contributed by atoms with E-state index in [9.17, 15) is 27.6 Å². The van der Waals surface area contributed by atoms with Crippen LogP contribution in [0.15, 0.2) is 18.2 Å². The van der Waals surface area contributed by atoms with Crippen LogP contribution in [-0.2, 0) is 11.0 Å². The van der Waals surface area contributed by atoms with Gasteiger partial charge in [0.25, 0.3) is 5.91 Å². The van der Waals surface area contributed by atoms with Crippen molar-refractivity contribution in [2.75, 3.05) is 11.9 Å². The molecule has 0 aliphatic carbocycles. The van der Waals surface area contributed by atoms with Crippen LogP contribution in [0, 0.1) is 0 Å². The lowest BCUT2D eigenvalue weighted by molar-refractivity contribution is -0.138. The van der Waals surface area contributed by atoms with Gasteiger partial charge < -0.3 is 21.1 Å². The van der Waals surface area contributed by atoms with E-state index in [0.29, 0.717) is 12.1 Å². The van der Waals surface area contributed by atoms with Gasteiger partial charge in [-0.2, -0.15) is 13.2 Å². The molecule has 0 atom stereocenters. The zero-order valence-electron chi connectivity index (χ0n) is 12.8. The number of hydrogen-bond acceptors (Lipinski definition) is 3. The van der Waals surface area contributed by atoms with Gasteiger partial charge in [0.2, 0.25) is 0 Å². The third kappa shape index (κ3) is 5.78. The van der Waals surface area contributed by atoms with Crippen molar-refractivity contribution in [1.82, 2.24) is 10.6 Å². The van der Waals surface area contributed by atoms with Crippen LogP contribution >= 0.6 is 0 Å². The monoisotopic (exact) mass is 347 g/mol. The summed E-state index contributed by atoms with van der Waals surface area (Å²) < 4.78 is 38.4. The topological polar surface area (TPSA) is 108 Å². The molecule has 0 heterocycles. The number of urea groups is 1. The molecule has 0 aliphatic rings. The van der Waals surface area contributed by atoms with Crippen molar-refractivity contribution in [2.24, 2.45) is 0 Å². The summed E-state index contributed by atoms with van der Waals surface area (Å²) in [6.45, 7) is 2.58. The number of carboxylic acids is 1. The molecule has 0 saturated heterocycles. The minimum Gasteiger partial charge on any atom is -0.480 e. The number of halogens is 3. The van der Waals surface area contributed by atoms with Crippen LogP contribution in [-0.4, -0.2) is 35.6 Å². The minimum atomic E-state index is -4.69. The fourth-order valence-electron chi connectivity index (χ4n) is 1.69. The van der Waals surface area contributed by atoms with Crippen LogP contribution < -0.4 is 16.0 Å². The summed E-state index contributed by atoms with van der Waals surface area (Å²) in [4.78, 5) is 34.1. The van der Waals surface area contributed by atoms with Gasteiger partial charge in [-0.1, -0.05) is 0 Å². The summed E-state index contributed by atoms with van der Waals surface area (Å²) in [7, 11) is 0. The normalized spacial score (nSPS) is 11.1. The number of hydrogen-bond donors (Lipinski definition) is 4. The fourth-order valence-corrected chi connectivity index (χ4v) is 1.69. The number of benzene rings is 1. The van der Waals surface area contributed by atoms with Gasteiger partial charge in [-0.3, -0.25) is 9.59 Å². The van der Waals surface area contributed by atoms with Gasteiger partial charge in [-0.15, -0.1) is 0 Å². The third-order valence-corrected chi connectivity index (χ3v) is 2.66. The Morgan fingerprint density at radius 1 is 1.21 bits per heavy atom. The number of amides is 3. The van der Waals surface area contributed by atoms with Gasteiger partial charge in [0.05, 0.1) is 16.8 Å². The van der Waals surface area contributed by atoms with E-state index in [2.05, 4.69) is 10.6 Å². The number of carboxylic acid groups (broad SMARTS) is 1. The fraction of sp³-hybridized carbons (Fsp3) is 0.357. The summed E-state index contributed by atoms with van der Waals surface area (Å²) >= 11 is 0. The molecule has 3 amide bonds. The Morgan fingerprint density at radius 3 is 2.33 bits per heavy atom. The van der Waals surface area contributed by atoms with Crippen LogP contribution in [0.4, 0.5) is 23.7 Å². The maximum atomic E-state index is 12.8. The first kappa shape index (κ1) is 19.3. The second-order valence-corrected chi connectivity index (χ2v) is 5.09. The summed E-state index contributed by atoms with van der Waals surface area (Å²) in [5.41, 5.74) is -1.77. The van der Waals surface area contributed by atoms with Gasteiger partial charge in [0.15, 0.2) is 0 Å². The van der Waals surface area contributed by atoms with Gasteiger partial charge in [-0.05, 0) is 32.0 Å². The smallest absolute Gasteiger partial charge is 0.416 e. The van der Waals surface area contributed by atoms with Crippen LogP contribution in [0.25, 0.3) is 0 Å². The van der Waals surface area contributed by atoms with Gasteiger partial charge >= 0.3 is 18.2 Å². The summed E-state index contributed by atoms with van der Waals surface area (Å²) in [5, 5.41) is 15.2. The van der Waals surface area contributed by atoms with Crippen molar-refractivity contribution in [2.45, 2.75) is 26.1 Å². The Hall–Kier alpha value is -2.78. The van der Waals surface area contributed by atoms with Crippen molar-refractivity contribution < 1.29 is 32.7 Å². The Kier molecular flexibility index (Phi) is 6.15. The van der Waals surface area contributed by atoms with Gasteiger partial charge in [0.1, 0.15) is 6.54 Å². The van der Waals surface area contributed by atoms with Gasteiger partial charge in [-0.25, -0.2) is 4.79 Å².